The summed E-state index contributed by atoms with van der Waals surface area (Å²) in [5.41, 5.74) is -2.81. The Bertz CT molecular complexity index is 683. The quantitative estimate of drug-likeness (QED) is 0.478. The molecule has 20 heavy (non-hydrogen) atoms. The topological polar surface area (TPSA) is 20.2 Å². The van der Waals surface area contributed by atoms with Crippen LogP contribution in [0.2, 0.25) is 0 Å². The van der Waals surface area contributed by atoms with Gasteiger partial charge in [0.15, 0.2) is 34.8 Å². The summed E-state index contributed by atoms with van der Waals surface area (Å²) in [5.74, 6) is -16.6. The van der Waals surface area contributed by atoms with Crippen molar-refractivity contribution in [2.24, 2.45) is 0 Å². The maximum absolute atomic E-state index is 13.5. The predicted molar refractivity (Wildman–Crippen MR) is 53.2 cm³/mol. The van der Waals surface area contributed by atoms with Gasteiger partial charge in [-0.05, 0) is 12.1 Å². The second kappa shape index (κ2) is 4.69. The van der Waals surface area contributed by atoms with Crippen LogP contribution in [0.1, 0.15) is 0 Å². The molecule has 0 fully saturated rings. The highest BCUT2D eigenvalue weighted by Gasteiger charge is 2.29. The zero-order valence-electron chi connectivity index (χ0n) is 9.25. The maximum atomic E-state index is 13.5. The summed E-state index contributed by atoms with van der Waals surface area (Å²) in [5, 5.41) is 8.85. The third kappa shape index (κ3) is 1.87. The fraction of sp³-hybridized carbons (Fsp3) is 0. The molecular weight excluding hydrogens is 293 g/mol. The van der Waals surface area contributed by atoms with E-state index in [-0.39, 0.29) is 0 Å². The third-order valence-corrected chi connectivity index (χ3v) is 2.54. The van der Waals surface area contributed by atoms with E-state index in [0.717, 1.165) is 0 Å². The van der Waals surface area contributed by atoms with Crippen LogP contribution in [-0.2, 0) is 0 Å². The van der Waals surface area contributed by atoms with Crippen LogP contribution < -0.4 is 0 Å². The fourth-order valence-electron chi connectivity index (χ4n) is 1.57. The van der Waals surface area contributed by atoms with Crippen molar-refractivity contribution in [3.05, 3.63) is 52.9 Å². The molecule has 0 spiro atoms. The summed E-state index contributed by atoms with van der Waals surface area (Å²) < 4.78 is 92.2. The molecule has 8 heteroatoms. The first-order valence-corrected chi connectivity index (χ1v) is 4.96. The van der Waals surface area contributed by atoms with Crippen LogP contribution in [0.4, 0.5) is 30.7 Å². The molecule has 0 saturated heterocycles. The van der Waals surface area contributed by atoms with Gasteiger partial charge in [0.2, 0.25) is 11.6 Å². The van der Waals surface area contributed by atoms with Gasteiger partial charge in [0.1, 0.15) is 0 Å². The first-order valence-electron chi connectivity index (χ1n) is 4.96. The molecule has 106 valence electrons. The van der Waals surface area contributed by atoms with Gasteiger partial charge in [-0.25, -0.2) is 26.3 Å². The Labute approximate surface area is 106 Å². The van der Waals surface area contributed by atoms with E-state index >= 15 is 0 Å². The summed E-state index contributed by atoms with van der Waals surface area (Å²) in [6.07, 6.45) is 0. The number of rotatable bonds is 1. The number of hydrogen-bond donors (Lipinski definition) is 1. The van der Waals surface area contributed by atoms with Crippen LogP contribution in [0.3, 0.4) is 0 Å². The Morgan fingerprint density at radius 3 is 1.50 bits per heavy atom. The molecule has 0 bridgehead atoms. The van der Waals surface area contributed by atoms with Crippen molar-refractivity contribution < 1.29 is 35.8 Å². The molecule has 0 atom stereocenters. The molecule has 0 aliphatic rings. The molecule has 2 aromatic carbocycles. The van der Waals surface area contributed by atoms with Gasteiger partial charge in [0.05, 0.1) is 5.56 Å². The standard InChI is InChI=1S/C12H3F7O/c13-6-3(1-2-4(20)7(6)14)5-8(15)10(17)12(19)11(18)9(5)16/h1-2,20H. The molecule has 0 aliphatic heterocycles. The van der Waals surface area contributed by atoms with Crippen molar-refractivity contribution in [2.75, 3.05) is 0 Å². The summed E-state index contributed by atoms with van der Waals surface area (Å²) >= 11 is 0. The number of phenolic OH excluding ortho intramolecular Hbond substituents is 1. The van der Waals surface area contributed by atoms with E-state index in [0.29, 0.717) is 12.1 Å². The van der Waals surface area contributed by atoms with E-state index in [9.17, 15) is 30.7 Å². The van der Waals surface area contributed by atoms with Crippen molar-refractivity contribution >= 4 is 0 Å². The van der Waals surface area contributed by atoms with E-state index in [2.05, 4.69) is 0 Å². The average Bonchev–Trinajstić information content (AvgIpc) is 2.43. The van der Waals surface area contributed by atoms with Gasteiger partial charge in [-0.1, -0.05) is 0 Å². The van der Waals surface area contributed by atoms with Crippen LogP contribution in [0, 0.1) is 40.7 Å². The minimum Gasteiger partial charge on any atom is -0.505 e. The van der Waals surface area contributed by atoms with Gasteiger partial charge in [0.25, 0.3) is 0 Å². The Morgan fingerprint density at radius 2 is 1.00 bits per heavy atom. The lowest BCUT2D eigenvalue weighted by atomic mass is 10.0. The molecule has 2 aromatic rings. The van der Waals surface area contributed by atoms with Crippen LogP contribution >= 0.6 is 0 Å². The number of phenols is 1. The van der Waals surface area contributed by atoms with Crippen molar-refractivity contribution in [3.63, 3.8) is 0 Å². The minimum absolute atomic E-state index is 0.492. The smallest absolute Gasteiger partial charge is 0.200 e. The zero-order valence-corrected chi connectivity index (χ0v) is 9.25. The lowest BCUT2D eigenvalue weighted by Crippen LogP contribution is -2.05. The van der Waals surface area contributed by atoms with Gasteiger partial charge in [0, 0.05) is 5.56 Å². The van der Waals surface area contributed by atoms with Gasteiger partial charge in [-0.3, -0.25) is 0 Å². The number of halogens is 7. The first-order chi connectivity index (χ1) is 9.27. The zero-order chi connectivity index (χ0) is 15.2. The van der Waals surface area contributed by atoms with Crippen molar-refractivity contribution in [2.45, 2.75) is 0 Å². The van der Waals surface area contributed by atoms with Gasteiger partial charge < -0.3 is 5.11 Å². The predicted octanol–water partition coefficient (Wildman–Crippen LogP) is 4.03. The molecule has 0 heterocycles. The Morgan fingerprint density at radius 1 is 0.550 bits per heavy atom. The van der Waals surface area contributed by atoms with Crippen LogP contribution in [0.15, 0.2) is 12.1 Å². The lowest BCUT2D eigenvalue weighted by molar-refractivity contribution is 0.379. The Kier molecular flexibility index (Phi) is 3.33. The highest BCUT2D eigenvalue weighted by atomic mass is 19.2. The highest BCUT2D eigenvalue weighted by Crippen LogP contribution is 2.35. The molecule has 0 radical (unpaired) electrons. The molecule has 0 aromatic heterocycles. The van der Waals surface area contributed by atoms with E-state index in [1.54, 1.807) is 0 Å². The molecular formula is C12H3F7O. The van der Waals surface area contributed by atoms with Crippen molar-refractivity contribution in [1.82, 2.24) is 0 Å². The fourth-order valence-corrected chi connectivity index (χ4v) is 1.57. The van der Waals surface area contributed by atoms with E-state index in [1.165, 1.54) is 0 Å². The van der Waals surface area contributed by atoms with Gasteiger partial charge in [-0.2, -0.15) is 4.39 Å². The van der Waals surface area contributed by atoms with Crippen LogP contribution in [0.25, 0.3) is 11.1 Å². The maximum Gasteiger partial charge on any atom is 0.200 e. The third-order valence-electron chi connectivity index (χ3n) is 2.54. The first kappa shape index (κ1) is 14.2. The Balaban J connectivity index is 2.87. The van der Waals surface area contributed by atoms with Crippen molar-refractivity contribution in [3.8, 4) is 16.9 Å². The normalized spacial score (nSPS) is 10.9. The van der Waals surface area contributed by atoms with Gasteiger partial charge >= 0.3 is 0 Å². The average molecular weight is 296 g/mol. The molecule has 0 unspecified atom stereocenters. The van der Waals surface area contributed by atoms with E-state index < -0.39 is 57.6 Å². The van der Waals surface area contributed by atoms with E-state index in [1.807, 2.05) is 0 Å². The summed E-state index contributed by atoms with van der Waals surface area (Å²) in [6.45, 7) is 0. The molecule has 0 amide bonds. The molecule has 2 rings (SSSR count). The second-order valence-corrected chi connectivity index (χ2v) is 3.71. The monoisotopic (exact) mass is 296 g/mol. The molecule has 1 N–H and O–H groups in total. The molecule has 0 aliphatic carbocycles. The highest BCUT2D eigenvalue weighted by molar-refractivity contribution is 5.67. The van der Waals surface area contributed by atoms with Crippen LogP contribution in [-0.4, -0.2) is 5.11 Å². The molecule has 1 nitrogen and oxygen atoms in total. The van der Waals surface area contributed by atoms with Crippen LogP contribution in [0.5, 0.6) is 5.75 Å². The summed E-state index contributed by atoms with van der Waals surface area (Å²) in [6, 6.07) is 1.01. The summed E-state index contributed by atoms with van der Waals surface area (Å²) in [4.78, 5) is 0. The second-order valence-electron chi connectivity index (χ2n) is 3.71. The largest absolute Gasteiger partial charge is 0.505 e. The van der Waals surface area contributed by atoms with E-state index in [4.69, 9.17) is 5.11 Å². The number of benzene rings is 2. The lowest BCUT2D eigenvalue weighted by Gasteiger charge is -2.10. The number of aromatic hydroxyl groups is 1. The number of hydrogen-bond acceptors (Lipinski definition) is 1. The molecule has 0 saturated carbocycles. The summed E-state index contributed by atoms with van der Waals surface area (Å²) in [7, 11) is 0. The Hall–Kier alpha value is -2.25. The SMILES string of the molecule is Oc1ccc(-c2c(F)c(F)c(F)c(F)c2F)c(F)c1F. The minimum atomic E-state index is -2.41. The van der Waals surface area contributed by atoms with Crippen molar-refractivity contribution in [1.29, 1.82) is 0 Å². The van der Waals surface area contributed by atoms with Gasteiger partial charge in [-0.15, -0.1) is 0 Å².